The number of hydrogen-bond acceptors (Lipinski definition) is 2. The third kappa shape index (κ3) is 1.54. The first-order valence-electron chi connectivity index (χ1n) is 4.48. The van der Waals surface area contributed by atoms with Crippen LogP contribution in [0.3, 0.4) is 0 Å². The number of carbonyl (C=O) groups excluding carboxylic acids is 1. The smallest absolute Gasteiger partial charge is 0.220 e. The van der Waals surface area contributed by atoms with E-state index in [9.17, 15) is 4.79 Å². The second-order valence-corrected chi connectivity index (χ2v) is 3.49. The molecule has 1 heterocycles. The molecule has 0 saturated heterocycles. The van der Waals surface area contributed by atoms with Crippen LogP contribution in [0.2, 0.25) is 0 Å². The second kappa shape index (κ2) is 3.17. The van der Waals surface area contributed by atoms with Crippen molar-refractivity contribution in [2.45, 2.75) is 19.3 Å². The number of nitrogens with two attached hydrogens (primary N) is 1. The van der Waals surface area contributed by atoms with Crippen LogP contribution < -0.4 is 5.73 Å². The van der Waals surface area contributed by atoms with Crippen LogP contribution in [0.15, 0.2) is 18.5 Å². The molecule has 0 saturated carbocycles. The average Bonchev–Trinajstić information content (AvgIpc) is 2.17. The van der Waals surface area contributed by atoms with Crippen LogP contribution in [-0.4, -0.2) is 10.9 Å². The number of pyridine rings is 1. The molecule has 2 rings (SSSR count). The summed E-state index contributed by atoms with van der Waals surface area (Å²) in [6, 6.07) is 1.98. The normalized spacial score (nSPS) is 20.8. The molecule has 1 aliphatic carbocycles. The summed E-state index contributed by atoms with van der Waals surface area (Å²) in [6.07, 6.45) is 6.23. The fourth-order valence-electron chi connectivity index (χ4n) is 1.82. The Kier molecular flexibility index (Phi) is 2.00. The van der Waals surface area contributed by atoms with Gasteiger partial charge in [-0.25, -0.2) is 0 Å². The molecule has 1 unspecified atom stereocenters. The number of nitrogens with zero attached hydrogens (tertiary/aromatic N) is 1. The van der Waals surface area contributed by atoms with Gasteiger partial charge in [0.05, 0.1) is 0 Å². The van der Waals surface area contributed by atoms with Crippen molar-refractivity contribution in [1.82, 2.24) is 4.98 Å². The zero-order chi connectivity index (χ0) is 9.26. The van der Waals surface area contributed by atoms with E-state index in [1.54, 1.807) is 6.20 Å². The van der Waals surface area contributed by atoms with Gasteiger partial charge < -0.3 is 5.73 Å². The zero-order valence-electron chi connectivity index (χ0n) is 7.36. The molecule has 1 aromatic rings. The van der Waals surface area contributed by atoms with E-state index in [1.165, 1.54) is 11.1 Å². The van der Waals surface area contributed by atoms with Gasteiger partial charge in [-0.2, -0.15) is 0 Å². The highest BCUT2D eigenvalue weighted by atomic mass is 16.1. The molecule has 0 spiro atoms. The van der Waals surface area contributed by atoms with Gasteiger partial charge in [0.2, 0.25) is 5.91 Å². The van der Waals surface area contributed by atoms with Crippen molar-refractivity contribution in [2.24, 2.45) is 11.7 Å². The van der Waals surface area contributed by atoms with E-state index in [2.05, 4.69) is 4.98 Å². The first-order valence-corrected chi connectivity index (χ1v) is 4.48. The fourth-order valence-corrected chi connectivity index (χ4v) is 1.82. The Hall–Kier alpha value is -1.38. The third-order valence-corrected chi connectivity index (χ3v) is 2.64. The first-order chi connectivity index (χ1) is 6.27. The predicted octanol–water partition coefficient (Wildman–Crippen LogP) is 0.672. The third-order valence-electron chi connectivity index (χ3n) is 2.64. The largest absolute Gasteiger partial charge is 0.369 e. The average molecular weight is 176 g/mol. The number of fused-ring (bicyclic) bond motifs is 1. The first kappa shape index (κ1) is 8.23. The molecule has 0 fully saturated rings. The molecule has 13 heavy (non-hydrogen) atoms. The van der Waals surface area contributed by atoms with Crippen LogP contribution >= 0.6 is 0 Å². The summed E-state index contributed by atoms with van der Waals surface area (Å²) < 4.78 is 0. The standard InChI is InChI=1S/C10H12N2O/c11-10(13)8-1-2-9-6-12-4-3-7(9)5-8/h3-4,6,8H,1-2,5H2,(H2,11,13). The minimum absolute atomic E-state index is 0.0231. The molecule has 3 heteroatoms. The topological polar surface area (TPSA) is 56.0 Å². The van der Waals surface area contributed by atoms with E-state index in [4.69, 9.17) is 5.73 Å². The maximum atomic E-state index is 11.0. The molecule has 1 amide bonds. The number of carbonyl (C=O) groups is 1. The van der Waals surface area contributed by atoms with Gasteiger partial charge in [0.1, 0.15) is 0 Å². The second-order valence-electron chi connectivity index (χ2n) is 3.49. The van der Waals surface area contributed by atoms with Crippen molar-refractivity contribution in [2.75, 3.05) is 0 Å². The number of primary amides is 1. The van der Waals surface area contributed by atoms with Gasteiger partial charge in [0.25, 0.3) is 0 Å². The van der Waals surface area contributed by atoms with Crippen LogP contribution in [0.4, 0.5) is 0 Å². The Balaban J connectivity index is 2.24. The molecule has 0 aromatic carbocycles. The van der Waals surface area contributed by atoms with E-state index < -0.39 is 0 Å². The highest BCUT2D eigenvalue weighted by Crippen LogP contribution is 2.24. The maximum absolute atomic E-state index is 11.0. The van der Waals surface area contributed by atoms with Gasteiger partial charge in [-0.15, -0.1) is 0 Å². The lowest BCUT2D eigenvalue weighted by Gasteiger charge is -2.21. The van der Waals surface area contributed by atoms with Crippen molar-refractivity contribution in [1.29, 1.82) is 0 Å². The number of amides is 1. The number of hydrogen-bond donors (Lipinski definition) is 1. The maximum Gasteiger partial charge on any atom is 0.220 e. The van der Waals surface area contributed by atoms with E-state index in [1.807, 2.05) is 12.3 Å². The van der Waals surface area contributed by atoms with E-state index in [0.29, 0.717) is 0 Å². The van der Waals surface area contributed by atoms with Crippen LogP contribution in [0.1, 0.15) is 17.5 Å². The molecule has 1 aliphatic rings. The lowest BCUT2D eigenvalue weighted by Crippen LogP contribution is -2.28. The number of aromatic nitrogens is 1. The molecular weight excluding hydrogens is 164 g/mol. The van der Waals surface area contributed by atoms with Gasteiger partial charge in [-0.05, 0) is 36.5 Å². The van der Waals surface area contributed by atoms with Crippen molar-refractivity contribution in [3.63, 3.8) is 0 Å². The lowest BCUT2D eigenvalue weighted by molar-refractivity contribution is -0.122. The van der Waals surface area contributed by atoms with E-state index in [0.717, 1.165) is 19.3 Å². The van der Waals surface area contributed by atoms with E-state index in [-0.39, 0.29) is 11.8 Å². The predicted molar refractivity (Wildman–Crippen MR) is 48.9 cm³/mol. The Morgan fingerprint density at radius 3 is 3.15 bits per heavy atom. The van der Waals surface area contributed by atoms with Crippen LogP contribution in [0, 0.1) is 5.92 Å². The van der Waals surface area contributed by atoms with Crippen molar-refractivity contribution < 1.29 is 4.79 Å². The number of aryl methyl sites for hydroxylation is 1. The highest BCUT2D eigenvalue weighted by Gasteiger charge is 2.22. The van der Waals surface area contributed by atoms with Crippen molar-refractivity contribution in [3.8, 4) is 0 Å². The molecule has 0 bridgehead atoms. The molecule has 1 atom stereocenters. The van der Waals surface area contributed by atoms with Crippen LogP contribution in [0.5, 0.6) is 0 Å². The van der Waals surface area contributed by atoms with Gasteiger partial charge in [-0.1, -0.05) is 0 Å². The Labute approximate surface area is 77.0 Å². The van der Waals surface area contributed by atoms with Gasteiger partial charge in [-0.3, -0.25) is 9.78 Å². The molecule has 2 N–H and O–H groups in total. The summed E-state index contributed by atoms with van der Waals surface area (Å²) >= 11 is 0. The lowest BCUT2D eigenvalue weighted by atomic mass is 9.84. The Bertz CT molecular complexity index is 335. The summed E-state index contributed by atoms with van der Waals surface area (Å²) in [5, 5.41) is 0. The number of rotatable bonds is 1. The molecule has 68 valence electrons. The SMILES string of the molecule is NC(=O)C1CCc2cnccc2C1. The van der Waals surface area contributed by atoms with Gasteiger partial charge in [0.15, 0.2) is 0 Å². The molecule has 0 radical (unpaired) electrons. The minimum Gasteiger partial charge on any atom is -0.369 e. The molecule has 0 aliphatic heterocycles. The van der Waals surface area contributed by atoms with Crippen LogP contribution in [0.25, 0.3) is 0 Å². The summed E-state index contributed by atoms with van der Waals surface area (Å²) in [5.41, 5.74) is 7.76. The molecule has 1 aromatic heterocycles. The summed E-state index contributed by atoms with van der Waals surface area (Å²) in [5.74, 6) is -0.155. The summed E-state index contributed by atoms with van der Waals surface area (Å²) in [7, 11) is 0. The highest BCUT2D eigenvalue weighted by molar-refractivity contribution is 5.77. The van der Waals surface area contributed by atoms with E-state index >= 15 is 0 Å². The monoisotopic (exact) mass is 176 g/mol. The van der Waals surface area contributed by atoms with Gasteiger partial charge in [0, 0.05) is 18.3 Å². The quantitative estimate of drug-likeness (QED) is 0.683. The zero-order valence-corrected chi connectivity index (χ0v) is 7.36. The fraction of sp³-hybridized carbons (Fsp3) is 0.400. The Morgan fingerprint density at radius 1 is 1.54 bits per heavy atom. The van der Waals surface area contributed by atoms with Crippen molar-refractivity contribution in [3.05, 3.63) is 29.6 Å². The van der Waals surface area contributed by atoms with Crippen molar-refractivity contribution >= 4 is 5.91 Å². The minimum atomic E-state index is -0.178. The molecular formula is C10H12N2O. The summed E-state index contributed by atoms with van der Waals surface area (Å²) in [6.45, 7) is 0. The van der Waals surface area contributed by atoms with Gasteiger partial charge >= 0.3 is 0 Å². The van der Waals surface area contributed by atoms with Crippen LogP contribution in [-0.2, 0) is 17.6 Å². The molecule has 3 nitrogen and oxygen atoms in total. The Morgan fingerprint density at radius 2 is 2.38 bits per heavy atom. The summed E-state index contributed by atoms with van der Waals surface area (Å²) in [4.78, 5) is 15.0.